The molecule has 3 aromatic rings. The van der Waals surface area contributed by atoms with E-state index in [-0.39, 0.29) is 6.04 Å². The number of para-hydroxylation sites is 1. The minimum Gasteiger partial charge on any atom is -0.459 e. The lowest BCUT2D eigenvalue weighted by atomic mass is 10.1. The van der Waals surface area contributed by atoms with Gasteiger partial charge < -0.3 is 14.2 Å². The molecule has 0 amide bonds. The normalized spacial score (nSPS) is 17.3. The molecule has 3 nitrogen and oxygen atoms in total. The summed E-state index contributed by atoms with van der Waals surface area (Å²) in [7, 11) is 0. The molecule has 1 unspecified atom stereocenters. The molecule has 0 spiro atoms. The van der Waals surface area contributed by atoms with Gasteiger partial charge in [0.2, 0.25) is 0 Å². The predicted octanol–water partition coefficient (Wildman–Crippen LogP) is 5.42. The van der Waals surface area contributed by atoms with E-state index >= 15 is 0 Å². The maximum Gasteiger partial charge on any atom is 0.135 e. The van der Waals surface area contributed by atoms with Crippen molar-refractivity contribution in [2.45, 2.75) is 6.04 Å². The molecule has 5 heteroatoms. The first-order valence-electron chi connectivity index (χ1n) is 8.62. The Labute approximate surface area is 163 Å². The minimum atomic E-state index is 0.0812. The average molecular weight is 383 g/mol. The first-order chi connectivity index (χ1) is 12.8. The van der Waals surface area contributed by atoms with Crippen molar-refractivity contribution >= 4 is 35.0 Å². The molecule has 2 aromatic carbocycles. The summed E-state index contributed by atoms with van der Waals surface area (Å²) in [5.41, 5.74) is 3.87. The van der Waals surface area contributed by atoms with E-state index in [0.717, 1.165) is 36.7 Å². The smallest absolute Gasteiger partial charge is 0.135 e. The number of piperazine rings is 1. The van der Waals surface area contributed by atoms with Crippen molar-refractivity contribution in [2.75, 3.05) is 24.5 Å². The molecule has 4 rings (SSSR count). The van der Waals surface area contributed by atoms with Crippen LogP contribution in [0.5, 0.6) is 0 Å². The topological polar surface area (TPSA) is 19.6 Å². The molecule has 26 heavy (non-hydrogen) atoms. The van der Waals surface area contributed by atoms with Crippen molar-refractivity contribution < 1.29 is 4.42 Å². The van der Waals surface area contributed by atoms with Gasteiger partial charge in [-0.15, -0.1) is 0 Å². The Kier molecular flexibility index (Phi) is 4.96. The highest BCUT2D eigenvalue weighted by molar-refractivity contribution is 7.78. The number of benzene rings is 2. The van der Waals surface area contributed by atoms with Gasteiger partial charge in [0.05, 0.1) is 10.5 Å². The van der Waals surface area contributed by atoms with Crippen LogP contribution in [-0.4, -0.2) is 30.0 Å². The van der Waals surface area contributed by atoms with Crippen molar-refractivity contribution in [3.05, 3.63) is 77.5 Å². The number of hydrogen-bond donors (Lipinski definition) is 0. The van der Waals surface area contributed by atoms with Crippen molar-refractivity contribution in [1.82, 2.24) is 4.90 Å². The number of thiocarbonyl (C=S) groups is 1. The summed E-state index contributed by atoms with van der Waals surface area (Å²) in [6.45, 7) is 2.63. The van der Waals surface area contributed by atoms with Crippen molar-refractivity contribution in [3.63, 3.8) is 0 Å². The summed E-state index contributed by atoms with van der Waals surface area (Å²) in [6, 6.07) is 22.3. The second-order valence-electron chi connectivity index (χ2n) is 6.32. The van der Waals surface area contributed by atoms with Gasteiger partial charge in [0.25, 0.3) is 0 Å². The predicted molar refractivity (Wildman–Crippen MR) is 111 cm³/mol. The van der Waals surface area contributed by atoms with Crippen LogP contribution < -0.4 is 4.90 Å². The maximum absolute atomic E-state index is 6.31. The molecule has 0 radical (unpaired) electrons. The zero-order valence-corrected chi connectivity index (χ0v) is 15.8. The second-order valence-corrected chi connectivity index (χ2v) is 6.94. The summed E-state index contributed by atoms with van der Waals surface area (Å²) in [4.78, 5) is 4.54. The van der Waals surface area contributed by atoms with Gasteiger partial charge in [-0.3, -0.25) is 0 Å². The summed E-state index contributed by atoms with van der Waals surface area (Å²) >= 11 is 11.6. The maximum atomic E-state index is 6.31. The van der Waals surface area contributed by atoms with Gasteiger partial charge in [0, 0.05) is 30.9 Å². The number of hydrogen-bond acceptors (Lipinski definition) is 3. The zero-order valence-electron chi connectivity index (χ0n) is 14.2. The molecule has 132 valence electrons. The van der Waals surface area contributed by atoms with E-state index in [9.17, 15) is 0 Å². The Morgan fingerprint density at radius 3 is 2.50 bits per heavy atom. The lowest BCUT2D eigenvalue weighted by Gasteiger charge is -2.40. The molecular formula is C21H19ClN2OS. The fraction of sp³-hybridized carbons (Fsp3) is 0.190. The van der Waals surface area contributed by atoms with Gasteiger partial charge >= 0.3 is 0 Å². The van der Waals surface area contributed by atoms with Crippen LogP contribution >= 0.6 is 23.8 Å². The number of furan rings is 1. The first kappa shape index (κ1) is 17.1. The summed E-state index contributed by atoms with van der Waals surface area (Å²) in [5, 5.41) is 0.689. The molecule has 0 bridgehead atoms. The Balaban J connectivity index is 1.62. The standard InChI is InChI=1S/C21H19ClN2OS/c22-18-9-5-4-8-17(18)20-10-11-21(25-20)19-14-23(12-13-24(19)15-26)16-6-2-1-3-7-16/h1-11,15,19H,12-14H2. The van der Waals surface area contributed by atoms with Gasteiger partial charge in [-0.25, -0.2) is 0 Å². The third-order valence-corrected chi connectivity index (χ3v) is 5.37. The highest BCUT2D eigenvalue weighted by Crippen LogP contribution is 2.34. The highest BCUT2D eigenvalue weighted by atomic mass is 35.5. The number of anilines is 1. The third-order valence-electron chi connectivity index (χ3n) is 4.77. The minimum absolute atomic E-state index is 0.0812. The number of halogens is 1. The second kappa shape index (κ2) is 7.52. The first-order valence-corrected chi connectivity index (χ1v) is 9.47. The molecule has 1 atom stereocenters. The van der Waals surface area contributed by atoms with Crippen molar-refractivity contribution in [3.8, 4) is 11.3 Å². The molecule has 1 aliphatic rings. The van der Waals surface area contributed by atoms with E-state index in [1.165, 1.54) is 5.69 Å². The largest absolute Gasteiger partial charge is 0.459 e. The van der Waals surface area contributed by atoms with Crippen LogP contribution in [0.1, 0.15) is 11.8 Å². The fourth-order valence-corrected chi connectivity index (χ4v) is 3.87. The highest BCUT2D eigenvalue weighted by Gasteiger charge is 2.29. The molecule has 1 fully saturated rings. The molecule has 2 heterocycles. The number of rotatable bonds is 4. The molecule has 0 saturated carbocycles. The Hall–Kier alpha value is -2.30. The van der Waals surface area contributed by atoms with Crippen molar-refractivity contribution in [1.29, 1.82) is 0 Å². The van der Waals surface area contributed by atoms with Gasteiger partial charge in [0.1, 0.15) is 17.6 Å². The van der Waals surface area contributed by atoms with E-state index in [1.807, 2.05) is 42.5 Å². The van der Waals surface area contributed by atoms with E-state index in [4.69, 9.17) is 28.2 Å². The Morgan fingerprint density at radius 1 is 0.962 bits per heavy atom. The lowest BCUT2D eigenvalue weighted by molar-refractivity contribution is 0.261. The lowest BCUT2D eigenvalue weighted by Crippen LogP contribution is -2.47. The summed E-state index contributed by atoms with van der Waals surface area (Å²) in [5.74, 6) is 1.69. The van der Waals surface area contributed by atoms with Gasteiger partial charge in [0.15, 0.2) is 0 Å². The molecule has 1 aromatic heterocycles. The third kappa shape index (κ3) is 3.35. The monoisotopic (exact) mass is 382 g/mol. The SMILES string of the molecule is S=CN1CCN(c2ccccc2)CC1c1ccc(-c2ccccc2Cl)o1. The Bertz CT molecular complexity index is 896. The zero-order chi connectivity index (χ0) is 17.9. The molecule has 0 N–H and O–H groups in total. The van der Waals surface area contributed by atoms with Crippen LogP contribution in [0, 0.1) is 0 Å². The van der Waals surface area contributed by atoms with Crippen LogP contribution in [0.25, 0.3) is 11.3 Å². The van der Waals surface area contributed by atoms with E-state index < -0.39 is 0 Å². The van der Waals surface area contributed by atoms with Crippen LogP contribution in [-0.2, 0) is 0 Å². The quantitative estimate of drug-likeness (QED) is 0.561. The van der Waals surface area contributed by atoms with Gasteiger partial charge in [-0.1, -0.05) is 54.2 Å². The van der Waals surface area contributed by atoms with E-state index in [0.29, 0.717) is 5.02 Å². The van der Waals surface area contributed by atoms with Gasteiger partial charge in [-0.05, 0) is 36.4 Å². The van der Waals surface area contributed by atoms with Crippen LogP contribution in [0.3, 0.4) is 0 Å². The van der Waals surface area contributed by atoms with Crippen LogP contribution in [0.2, 0.25) is 5.02 Å². The number of nitrogens with zero attached hydrogens (tertiary/aromatic N) is 2. The van der Waals surface area contributed by atoms with E-state index in [1.54, 1.807) is 5.49 Å². The fourth-order valence-electron chi connectivity index (χ4n) is 3.39. The van der Waals surface area contributed by atoms with Crippen LogP contribution in [0.4, 0.5) is 5.69 Å². The molecule has 0 aliphatic carbocycles. The summed E-state index contributed by atoms with van der Waals surface area (Å²) < 4.78 is 6.19. The average Bonchev–Trinajstić information content (AvgIpc) is 3.18. The molecule has 1 saturated heterocycles. The molecular weight excluding hydrogens is 364 g/mol. The van der Waals surface area contributed by atoms with Crippen LogP contribution in [0.15, 0.2) is 71.1 Å². The molecule has 1 aliphatic heterocycles. The van der Waals surface area contributed by atoms with E-state index in [2.05, 4.69) is 34.1 Å². The Morgan fingerprint density at radius 2 is 1.73 bits per heavy atom. The van der Waals surface area contributed by atoms with Gasteiger partial charge in [-0.2, -0.15) is 0 Å². The van der Waals surface area contributed by atoms with Crippen molar-refractivity contribution in [2.24, 2.45) is 0 Å². The summed E-state index contributed by atoms with van der Waals surface area (Å²) in [6.07, 6.45) is 0.